The number of ether oxygens (including phenoxy) is 1. The quantitative estimate of drug-likeness (QED) is 0.394. The van der Waals surface area contributed by atoms with E-state index in [4.69, 9.17) is 9.84 Å². The zero-order chi connectivity index (χ0) is 22.2. The number of hydrogen-bond donors (Lipinski definition) is 0. The van der Waals surface area contributed by atoms with Crippen LogP contribution in [0, 0.1) is 0 Å². The Kier molecular flexibility index (Phi) is 5.08. The molecule has 33 heavy (non-hydrogen) atoms. The number of fused-ring (bicyclic) bond motifs is 4. The molecule has 2 aliphatic rings. The molecule has 164 valence electrons. The molecule has 0 bridgehead atoms. The highest BCUT2D eigenvalue weighted by molar-refractivity contribution is 6.02. The van der Waals surface area contributed by atoms with Crippen molar-refractivity contribution >= 4 is 17.0 Å². The van der Waals surface area contributed by atoms with Crippen LogP contribution in [0.2, 0.25) is 0 Å². The number of piperazine rings is 1. The largest absolute Gasteiger partial charge is 0.496 e. The number of hydrogen-bond acceptors (Lipinski definition) is 4. The van der Waals surface area contributed by atoms with E-state index >= 15 is 0 Å². The summed E-state index contributed by atoms with van der Waals surface area (Å²) >= 11 is 0. The Labute approximate surface area is 194 Å². The number of benzene rings is 4. The summed E-state index contributed by atoms with van der Waals surface area (Å²) in [6, 6.07) is 30.6. The van der Waals surface area contributed by atoms with Gasteiger partial charge in [-0.2, -0.15) is 5.10 Å². The summed E-state index contributed by atoms with van der Waals surface area (Å²) < 4.78 is 5.63. The maximum atomic E-state index is 5.63. The van der Waals surface area contributed by atoms with Crippen LogP contribution in [0.4, 0.5) is 0 Å². The van der Waals surface area contributed by atoms with Gasteiger partial charge in [0.25, 0.3) is 0 Å². The molecule has 0 saturated carbocycles. The van der Waals surface area contributed by atoms with Crippen LogP contribution >= 0.6 is 0 Å². The van der Waals surface area contributed by atoms with Crippen LogP contribution in [-0.2, 0) is 0 Å². The van der Waals surface area contributed by atoms with Crippen molar-refractivity contribution in [3.63, 3.8) is 0 Å². The van der Waals surface area contributed by atoms with Crippen LogP contribution in [0.25, 0.3) is 21.9 Å². The van der Waals surface area contributed by atoms with Crippen LogP contribution in [-0.4, -0.2) is 49.4 Å². The van der Waals surface area contributed by atoms with Gasteiger partial charge in [-0.15, -0.1) is 0 Å². The van der Waals surface area contributed by atoms with Crippen molar-refractivity contribution < 1.29 is 4.74 Å². The highest BCUT2D eigenvalue weighted by Gasteiger charge is 2.33. The Bertz CT molecular complexity index is 1290. The van der Waals surface area contributed by atoms with Gasteiger partial charge in [-0.1, -0.05) is 78.9 Å². The van der Waals surface area contributed by atoms with Crippen LogP contribution in [0.15, 0.2) is 90.0 Å². The Hall–Kier alpha value is -3.63. The molecule has 6 rings (SSSR count). The molecular weight excluding hydrogens is 406 g/mol. The predicted octanol–water partition coefficient (Wildman–Crippen LogP) is 5.57. The summed E-state index contributed by atoms with van der Waals surface area (Å²) in [5, 5.41) is 9.41. The fourth-order valence-corrected chi connectivity index (χ4v) is 5.33. The Morgan fingerprint density at radius 1 is 0.758 bits per heavy atom. The molecule has 0 aromatic heterocycles. The minimum absolute atomic E-state index is 0.335. The summed E-state index contributed by atoms with van der Waals surface area (Å²) in [7, 11) is 1.72. The van der Waals surface area contributed by atoms with Gasteiger partial charge in [-0.25, -0.2) is 0 Å². The van der Waals surface area contributed by atoms with E-state index in [-0.39, 0.29) is 0 Å². The summed E-state index contributed by atoms with van der Waals surface area (Å²) in [4.78, 5) is 2.61. The average molecular weight is 434 g/mol. The third-order valence-corrected chi connectivity index (χ3v) is 6.96. The average Bonchev–Trinajstić information content (AvgIpc) is 3.22. The highest BCUT2D eigenvalue weighted by Crippen LogP contribution is 2.46. The molecule has 0 atom stereocenters. The fraction of sp³-hybridized carbons (Fsp3) is 0.207. The van der Waals surface area contributed by atoms with Gasteiger partial charge >= 0.3 is 0 Å². The second-order valence-electron chi connectivity index (χ2n) is 8.71. The van der Waals surface area contributed by atoms with Gasteiger partial charge in [0.1, 0.15) is 5.75 Å². The van der Waals surface area contributed by atoms with Crippen LogP contribution in [0.5, 0.6) is 5.75 Å². The number of rotatable bonds is 4. The van der Waals surface area contributed by atoms with Crippen molar-refractivity contribution in [3.8, 4) is 16.9 Å². The summed E-state index contributed by atoms with van der Waals surface area (Å²) in [5.74, 6) is 0.857. The second kappa shape index (κ2) is 8.38. The molecule has 1 aliphatic heterocycles. The summed E-state index contributed by atoms with van der Waals surface area (Å²) in [6.45, 7) is 3.78. The first-order valence-corrected chi connectivity index (χ1v) is 11.6. The van der Waals surface area contributed by atoms with Crippen LogP contribution in [0.1, 0.15) is 22.7 Å². The van der Waals surface area contributed by atoms with Gasteiger partial charge in [0, 0.05) is 31.7 Å². The number of nitrogens with zero attached hydrogens (tertiary/aromatic N) is 3. The molecule has 4 aromatic rings. The molecule has 4 aromatic carbocycles. The number of hydrazone groups is 1. The first-order valence-electron chi connectivity index (χ1n) is 11.6. The molecular formula is C29H27N3O. The third kappa shape index (κ3) is 3.47. The SMILES string of the molecule is COc1ccc2ccccc2c1/C=N/N1CCN(C2c3ccccc3-c3ccccc32)CC1. The van der Waals surface area contributed by atoms with E-state index in [1.165, 1.54) is 33.0 Å². The minimum atomic E-state index is 0.335. The second-order valence-corrected chi connectivity index (χ2v) is 8.71. The molecule has 0 amide bonds. The van der Waals surface area contributed by atoms with Crippen molar-refractivity contribution in [3.05, 3.63) is 102 Å². The molecule has 1 saturated heterocycles. The molecule has 0 spiro atoms. The predicted molar refractivity (Wildman–Crippen MR) is 135 cm³/mol. The maximum absolute atomic E-state index is 5.63. The zero-order valence-electron chi connectivity index (χ0n) is 18.8. The molecule has 0 unspecified atom stereocenters. The van der Waals surface area contributed by atoms with Gasteiger partial charge in [0.05, 0.1) is 19.4 Å². The van der Waals surface area contributed by atoms with Crippen molar-refractivity contribution in [1.82, 2.24) is 9.91 Å². The molecule has 4 nitrogen and oxygen atoms in total. The Morgan fingerprint density at radius 3 is 2.09 bits per heavy atom. The van der Waals surface area contributed by atoms with E-state index in [9.17, 15) is 0 Å². The van der Waals surface area contributed by atoms with Gasteiger partial charge in [0.15, 0.2) is 0 Å². The standard InChI is InChI=1S/C29H27N3O/c1-33-28-15-14-21-8-2-3-9-22(21)27(28)20-30-32-18-16-31(17-19-32)29-25-12-6-4-10-23(25)24-11-5-7-13-26(24)29/h2-15,20,29H,16-19H2,1H3/b30-20+. The fourth-order valence-electron chi connectivity index (χ4n) is 5.33. The topological polar surface area (TPSA) is 28.1 Å². The van der Waals surface area contributed by atoms with Crippen molar-refractivity contribution in [2.24, 2.45) is 5.10 Å². The van der Waals surface area contributed by atoms with E-state index in [0.717, 1.165) is 37.5 Å². The summed E-state index contributed by atoms with van der Waals surface area (Å²) in [6.07, 6.45) is 1.97. The lowest BCUT2D eigenvalue weighted by Gasteiger charge is -2.37. The van der Waals surface area contributed by atoms with Gasteiger partial charge in [-0.3, -0.25) is 9.91 Å². The lowest BCUT2D eigenvalue weighted by atomic mass is 10.0. The van der Waals surface area contributed by atoms with Crippen LogP contribution < -0.4 is 4.74 Å². The molecule has 1 aliphatic carbocycles. The Morgan fingerprint density at radius 2 is 1.39 bits per heavy atom. The molecule has 0 N–H and O–H groups in total. The first kappa shape index (κ1) is 20.0. The molecule has 0 radical (unpaired) electrons. The van der Waals surface area contributed by atoms with Gasteiger partial charge in [0.2, 0.25) is 0 Å². The van der Waals surface area contributed by atoms with E-state index in [2.05, 4.69) is 88.8 Å². The van der Waals surface area contributed by atoms with E-state index < -0.39 is 0 Å². The maximum Gasteiger partial charge on any atom is 0.128 e. The van der Waals surface area contributed by atoms with Gasteiger partial charge < -0.3 is 4.74 Å². The minimum Gasteiger partial charge on any atom is -0.496 e. The van der Waals surface area contributed by atoms with E-state index in [0.29, 0.717) is 6.04 Å². The smallest absolute Gasteiger partial charge is 0.128 e. The van der Waals surface area contributed by atoms with E-state index in [1.54, 1.807) is 7.11 Å². The van der Waals surface area contributed by atoms with Gasteiger partial charge in [-0.05, 0) is 39.1 Å². The molecule has 1 heterocycles. The van der Waals surface area contributed by atoms with Crippen LogP contribution in [0.3, 0.4) is 0 Å². The Balaban J connectivity index is 1.22. The number of methoxy groups -OCH3 is 1. The zero-order valence-corrected chi connectivity index (χ0v) is 18.8. The van der Waals surface area contributed by atoms with Crippen molar-refractivity contribution in [2.75, 3.05) is 33.3 Å². The van der Waals surface area contributed by atoms with Crippen molar-refractivity contribution in [1.29, 1.82) is 0 Å². The lowest BCUT2D eigenvalue weighted by molar-refractivity contribution is 0.114. The normalized spacial score (nSPS) is 16.3. The molecule has 1 fully saturated rings. The lowest BCUT2D eigenvalue weighted by Crippen LogP contribution is -2.45. The highest BCUT2D eigenvalue weighted by atomic mass is 16.5. The van der Waals surface area contributed by atoms with Crippen molar-refractivity contribution in [2.45, 2.75) is 6.04 Å². The monoisotopic (exact) mass is 433 g/mol. The van der Waals surface area contributed by atoms with E-state index in [1.807, 2.05) is 12.3 Å². The molecule has 4 heteroatoms. The first-order chi connectivity index (χ1) is 16.3. The summed E-state index contributed by atoms with van der Waals surface area (Å²) in [5.41, 5.74) is 6.65. The third-order valence-electron chi connectivity index (χ3n) is 6.96.